The normalized spacial score (nSPS) is 37.7. The summed E-state index contributed by atoms with van der Waals surface area (Å²) in [7, 11) is 0. The molecule has 0 aromatic heterocycles. The lowest BCUT2D eigenvalue weighted by molar-refractivity contribution is 0.0555. The highest BCUT2D eigenvalue weighted by molar-refractivity contribution is 4.88. The molecule has 2 fully saturated rings. The molecule has 0 aromatic rings. The van der Waals surface area contributed by atoms with E-state index in [1.807, 2.05) is 0 Å². The minimum absolute atomic E-state index is 0.315. The molecule has 1 saturated carbocycles. The van der Waals surface area contributed by atoms with Crippen LogP contribution in [0.15, 0.2) is 0 Å². The zero-order chi connectivity index (χ0) is 13.8. The van der Waals surface area contributed by atoms with Crippen molar-refractivity contribution in [1.29, 1.82) is 0 Å². The highest BCUT2D eigenvalue weighted by atomic mass is 16.3. The Labute approximate surface area is 118 Å². The first-order valence-electron chi connectivity index (χ1n) is 8.22. The van der Waals surface area contributed by atoms with Gasteiger partial charge in [0, 0.05) is 18.6 Å². The molecule has 0 aromatic carbocycles. The molecule has 4 unspecified atom stereocenters. The van der Waals surface area contributed by atoms with E-state index < -0.39 is 0 Å². The topological polar surface area (TPSA) is 49.5 Å². The fraction of sp³-hybridized carbons (Fsp3) is 1.00. The Balaban J connectivity index is 1.91. The van der Waals surface area contributed by atoms with E-state index in [0.29, 0.717) is 24.6 Å². The van der Waals surface area contributed by atoms with E-state index in [9.17, 15) is 5.11 Å². The molecule has 0 amide bonds. The monoisotopic (exact) mass is 268 g/mol. The first kappa shape index (κ1) is 15.3. The van der Waals surface area contributed by atoms with Crippen molar-refractivity contribution in [3.8, 4) is 0 Å². The van der Waals surface area contributed by atoms with E-state index in [-0.39, 0.29) is 0 Å². The van der Waals surface area contributed by atoms with Gasteiger partial charge in [0.25, 0.3) is 0 Å². The van der Waals surface area contributed by atoms with Crippen molar-refractivity contribution in [3.63, 3.8) is 0 Å². The molecule has 3 nitrogen and oxygen atoms in total. The lowest BCUT2D eigenvalue weighted by Gasteiger charge is -2.42. The van der Waals surface area contributed by atoms with Crippen LogP contribution >= 0.6 is 0 Å². The molecule has 1 saturated heterocycles. The van der Waals surface area contributed by atoms with Crippen LogP contribution in [-0.4, -0.2) is 41.8 Å². The fourth-order valence-corrected chi connectivity index (χ4v) is 3.95. The van der Waals surface area contributed by atoms with Crippen molar-refractivity contribution in [2.24, 2.45) is 23.5 Å². The Morgan fingerprint density at radius 3 is 2.68 bits per heavy atom. The van der Waals surface area contributed by atoms with Crippen LogP contribution < -0.4 is 5.73 Å². The van der Waals surface area contributed by atoms with E-state index in [4.69, 9.17) is 5.73 Å². The minimum Gasteiger partial charge on any atom is -0.395 e. The number of piperidine rings is 1. The summed E-state index contributed by atoms with van der Waals surface area (Å²) in [4.78, 5) is 2.51. The van der Waals surface area contributed by atoms with Gasteiger partial charge in [-0.1, -0.05) is 20.3 Å². The van der Waals surface area contributed by atoms with Crippen molar-refractivity contribution in [1.82, 2.24) is 4.90 Å². The predicted octanol–water partition coefficient (Wildman–Crippen LogP) is 2.23. The van der Waals surface area contributed by atoms with Crippen LogP contribution in [0.25, 0.3) is 0 Å². The van der Waals surface area contributed by atoms with Gasteiger partial charge in [0.1, 0.15) is 0 Å². The molecule has 4 atom stereocenters. The average Bonchev–Trinajstić information content (AvgIpc) is 2.41. The summed E-state index contributed by atoms with van der Waals surface area (Å²) in [6.45, 7) is 7.26. The van der Waals surface area contributed by atoms with Gasteiger partial charge in [0.15, 0.2) is 0 Å². The van der Waals surface area contributed by atoms with Gasteiger partial charge in [-0.05, 0) is 56.4 Å². The van der Waals surface area contributed by atoms with Crippen molar-refractivity contribution in [2.75, 3.05) is 19.7 Å². The van der Waals surface area contributed by atoms with Crippen LogP contribution in [0.1, 0.15) is 52.4 Å². The minimum atomic E-state index is 0.315. The number of likely N-dealkylation sites (tertiary alicyclic amines) is 1. The molecule has 1 aliphatic heterocycles. The largest absolute Gasteiger partial charge is 0.395 e. The van der Waals surface area contributed by atoms with Gasteiger partial charge < -0.3 is 10.8 Å². The number of aliphatic hydroxyl groups is 1. The van der Waals surface area contributed by atoms with E-state index in [2.05, 4.69) is 18.7 Å². The second-order valence-corrected chi connectivity index (χ2v) is 7.07. The smallest absolute Gasteiger partial charge is 0.0586 e. The van der Waals surface area contributed by atoms with Gasteiger partial charge in [0.2, 0.25) is 0 Å². The molecular weight excluding hydrogens is 236 g/mol. The van der Waals surface area contributed by atoms with Gasteiger partial charge in [-0.25, -0.2) is 0 Å². The maximum absolute atomic E-state index is 9.52. The third-order valence-corrected chi connectivity index (χ3v) is 5.45. The third-order valence-electron chi connectivity index (χ3n) is 5.45. The molecule has 3 N–H and O–H groups in total. The summed E-state index contributed by atoms with van der Waals surface area (Å²) in [5, 5.41) is 9.52. The van der Waals surface area contributed by atoms with Gasteiger partial charge >= 0.3 is 0 Å². The summed E-state index contributed by atoms with van der Waals surface area (Å²) in [6.07, 6.45) is 7.49. The predicted molar refractivity (Wildman–Crippen MR) is 79.9 cm³/mol. The quantitative estimate of drug-likeness (QED) is 0.822. The molecule has 3 heteroatoms. The Hall–Kier alpha value is -0.120. The zero-order valence-corrected chi connectivity index (χ0v) is 12.7. The number of nitrogens with two attached hydrogens (primary N) is 1. The molecule has 2 aliphatic rings. The lowest BCUT2D eigenvalue weighted by atomic mass is 9.73. The van der Waals surface area contributed by atoms with Crippen LogP contribution in [0.5, 0.6) is 0 Å². The molecule has 0 bridgehead atoms. The van der Waals surface area contributed by atoms with E-state index in [1.54, 1.807) is 0 Å². The van der Waals surface area contributed by atoms with Gasteiger partial charge in [-0.15, -0.1) is 0 Å². The second kappa shape index (κ2) is 7.05. The molecule has 0 radical (unpaired) electrons. The van der Waals surface area contributed by atoms with Crippen molar-refractivity contribution in [3.05, 3.63) is 0 Å². The summed E-state index contributed by atoms with van der Waals surface area (Å²) in [5.41, 5.74) is 6.36. The van der Waals surface area contributed by atoms with E-state index in [1.165, 1.54) is 32.1 Å². The third kappa shape index (κ3) is 3.93. The van der Waals surface area contributed by atoms with E-state index in [0.717, 1.165) is 31.3 Å². The molecule has 19 heavy (non-hydrogen) atoms. The summed E-state index contributed by atoms with van der Waals surface area (Å²) >= 11 is 0. The standard InChI is InChI=1S/C16H32N2O/c1-12(2)13-6-7-16(17)14(9-13)10-18-8-4-3-5-15(18)11-19/h12-16,19H,3-11,17H2,1-2H3. The van der Waals surface area contributed by atoms with Crippen LogP contribution in [-0.2, 0) is 0 Å². The molecule has 1 aliphatic carbocycles. The zero-order valence-electron chi connectivity index (χ0n) is 12.7. The highest BCUT2D eigenvalue weighted by Gasteiger charge is 2.32. The van der Waals surface area contributed by atoms with Gasteiger partial charge in [-0.3, -0.25) is 4.90 Å². The summed E-state index contributed by atoms with van der Waals surface area (Å²) < 4.78 is 0. The van der Waals surface area contributed by atoms with Crippen molar-refractivity contribution < 1.29 is 5.11 Å². The lowest BCUT2D eigenvalue weighted by Crippen LogP contribution is -2.49. The Kier molecular flexibility index (Phi) is 5.67. The summed E-state index contributed by atoms with van der Waals surface area (Å²) in [5.74, 6) is 2.26. The van der Waals surface area contributed by atoms with Crippen molar-refractivity contribution >= 4 is 0 Å². The molecule has 2 rings (SSSR count). The number of hydrogen-bond donors (Lipinski definition) is 2. The first-order chi connectivity index (χ1) is 9.11. The second-order valence-electron chi connectivity index (χ2n) is 7.07. The Morgan fingerprint density at radius 1 is 1.21 bits per heavy atom. The van der Waals surface area contributed by atoms with Gasteiger partial charge in [0.05, 0.1) is 6.61 Å². The Bertz CT molecular complexity index is 269. The van der Waals surface area contributed by atoms with Crippen LogP contribution in [0.4, 0.5) is 0 Å². The maximum atomic E-state index is 9.52. The van der Waals surface area contributed by atoms with Crippen LogP contribution in [0.2, 0.25) is 0 Å². The summed E-state index contributed by atoms with van der Waals surface area (Å²) in [6, 6.07) is 0.761. The average molecular weight is 268 g/mol. The molecular formula is C16H32N2O. The van der Waals surface area contributed by atoms with Gasteiger partial charge in [-0.2, -0.15) is 0 Å². The first-order valence-corrected chi connectivity index (χ1v) is 8.22. The van der Waals surface area contributed by atoms with Crippen LogP contribution in [0, 0.1) is 17.8 Å². The fourth-order valence-electron chi connectivity index (χ4n) is 3.95. The maximum Gasteiger partial charge on any atom is 0.0586 e. The number of rotatable bonds is 4. The molecule has 112 valence electrons. The molecule has 0 spiro atoms. The highest BCUT2D eigenvalue weighted by Crippen LogP contribution is 2.34. The Morgan fingerprint density at radius 2 is 2.00 bits per heavy atom. The van der Waals surface area contributed by atoms with Crippen LogP contribution in [0.3, 0.4) is 0 Å². The number of aliphatic hydroxyl groups excluding tert-OH is 1. The van der Waals surface area contributed by atoms with E-state index >= 15 is 0 Å². The molecule has 1 heterocycles. The number of hydrogen-bond acceptors (Lipinski definition) is 3. The SMILES string of the molecule is CC(C)C1CCC(N)C(CN2CCCCC2CO)C1. The number of nitrogens with zero attached hydrogens (tertiary/aromatic N) is 1. The van der Waals surface area contributed by atoms with Crippen molar-refractivity contribution in [2.45, 2.75) is 64.5 Å².